The van der Waals surface area contributed by atoms with Crippen LogP contribution in [0.3, 0.4) is 0 Å². The van der Waals surface area contributed by atoms with Crippen LogP contribution >= 0.6 is 34.8 Å². The summed E-state index contributed by atoms with van der Waals surface area (Å²) in [5.41, 5.74) is 4.31. The van der Waals surface area contributed by atoms with Crippen LogP contribution in [0.1, 0.15) is 35.3 Å². The quantitative estimate of drug-likeness (QED) is 0.257. The van der Waals surface area contributed by atoms with E-state index in [1.54, 1.807) is 12.1 Å². The van der Waals surface area contributed by atoms with E-state index >= 15 is 0 Å². The van der Waals surface area contributed by atoms with Crippen molar-refractivity contribution in [1.82, 2.24) is 10.7 Å². The van der Waals surface area contributed by atoms with Crippen molar-refractivity contribution in [1.29, 1.82) is 0 Å². The molecule has 2 N–H and O–H groups in total. The minimum absolute atomic E-state index is 0.192. The number of hydrazone groups is 1. The highest BCUT2D eigenvalue weighted by Gasteiger charge is 2.24. The first-order valence-electron chi connectivity index (χ1n) is 10.8. The third kappa shape index (κ3) is 7.46. The van der Waals surface area contributed by atoms with Crippen LogP contribution in [0.15, 0.2) is 71.8 Å². The second-order valence-electron chi connectivity index (χ2n) is 7.98. The van der Waals surface area contributed by atoms with E-state index in [9.17, 15) is 9.59 Å². The Hall–Kier alpha value is -3.06. The van der Waals surface area contributed by atoms with Gasteiger partial charge >= 0.3 is 0 Å². The number of benzene rings is 3. The van der Waals surface area contributed by atoms with Crippen molar-refractivity contribution in [2.75, 3.05) is 0 Å². The first kappa shape index (κ1) is 26.5. The highest BCUT2D eigenvalue weighted by molar-refractivity contribution is 6.42. The van der Waals surface area contributed by atoms with E-state index in [0.29, 0.717) is 26.9 Å². The van der Waals surface area contributed by atoms with Crippen molar-refractivity contribution in [3.63, 3.8) is 0 Å². The maximum Gasteiger partial charge on any atom is 0.262 e. The molecule has 3 aromatic carbocycles. The van der Waals surface area contributed by atoms with Crippen LogP contribution in [0.5, 0.6) is 5.75 Å². The number of carbonyl (C=O) groups excluding carboxylic acids is 2. The molecule has 0 saturated carbocycles. The number of nitrogens with one attached hydrogen (secondary N) is 2. The average Bonchev–Trinajstić information content (AvgIpc) is 2.84. The number of carbonyl (C=O) groups is 2. The van der Waals surface area contributed by atoms with Crippen molar-refractivity contribution in [2.45, 2.75) is 26.5 Å². The molecule has 0 heterocycles. The van der Waals surface area contributed by atoms with Gasteiger partial charge in [0, 0.05) is 21.7 Å². The fraction of sp³-hybridized carbons (Fsp3) is 0.192. The summed E-state index contributed by atoms with van der Waals surface area (Å²) >= 11 is 18.1. The number of para-hydroxylation sites is 1. The second-order valence-corrected chi connectivity index (χ2v) is 9.20. The van der Waals surface area contributed by atoms with Crippen LogP contribution in [-0.2, 0) is 11.4 Å². The first-order valence-corrected chi connectivity index (χ1v) is 11.9. The van der Waals surface area contributed by atoms with E-state index in [1.165, 1.54) is 24.4 Å². The van der Waals surface area contributed by atoms with Gasteiger partial charge in [0.2, 0.25) is 0 Å². The van der Waals surface area contributed by atoms with Gasteiger partial charge in [-0.25, -0.2) is 5.43 Å². The topological polar surface area (TPSA) is 79.8 Å². The predicted molar refractivity (Wildman–Crippen MR) is 141 cm³/mol. The van der Waals surface area contributed by atoms with Crippen LogP contribution in [0.2, 0.25) is 15.1 Å². The van der Waals surface area contributed by atoms with Gasteiger partial charge < -0.3 is 10.1 Å². The minimum atomic E-state index is -0.819. The van der Waals surface area contributed by atoms with Crippen molar-refractivity contribution < 1.29 is 14.3 Å². The fourth-order valence-electron chi connectivity index (χ4n) is 3.12. The fourth-order valence-corrected chi connectivity index (χ4v) is 3.61. The number of ether oxygens (including phenoxy) is 1. The van der Waals surface area contributed by atoms with Crippen molar-refractivity contribution in [3.05, 3.63) is 98.5 Å². The molecule has 0 aromatic heterocycles. The van der Waals surface area contributed by atoms with Crippen LogP contribution < -0.4 is 15.5 Å². The lowest BCUT2D eigenvalue weighted by Crippen LogP contribution is -2.48. The van der Waals surface area contributed by atoms with Crippen molar-refractivity contribution in [3.8, 4) is 5.75 Å². The molecule has 0 spiro atoms. The van der Waals surface area contributed by atoms with Crippen molar-refractivity contribution >= 4 is 52.8 Å². The standard InChI is InChI=1S/C26H24Cl3N3O3/c1-16(2)24(31-25(33)17-11-12-21(28)22(29)13-17)26(34)32-30-14-18-7-4-6-10-23(18)35-15-19-8-3-5-9-20(19)27/h3-14,16,24H,15H2,1-2H3,(H,31,33)(H,32,34)/b30-14+. The second kappa shape index (κ2) is 12.6. The van der Waals surface area contributed by atoms with E-state index in [-0.39, 0.29) is 17.5 Å². The molecule has 0 radical (unpaired) electrons. The van der Waals surface area contributed by atoms with Crippen LogP contribution in [0, 0.1) is 5.92 Å². The Balaban J connectivity index is 1.64. The third-order valence-corrected chi connectivity index (χ3v) is 6.16. The summed E-state index contributed by atoms with van der Waals surface area (Å²) in [7, 11) is 0. The van der Waals surface area contributed by atoms with Crippen molar-refractivity contribution in [2.24, 2.45) is 11.0 Å². The van der Waals surface area contributed by atoms with Gasteiger partial charge in [0.15, 0.2) is 0 Å². The molecule has 3 aromatic rings. The molecule has 9 heteroatoms. The van der Waals surface area contributed by atoms with Crippen LogP contribution in [0.4, 0.5) is 0 Å². The molecule has 35 heavy (non-hydrogen) atoms. The monoisotopic (exact) mass is 531 g/mol. The Kier molecular flexibility index (Phi) is 9.55. The number of halogens is 3. The van der Waals surface area contributed by atoms with Gasteiger partial charge in [0.1, 0.15) is 18.4 Å². The molecule has 1 unspecified atom stereocenters. The molecule has 0 aliphatic carbocycles. The molecule has 6 nitrogen and oxygen atoms in total. The van der Waals surface area contributed by atoms with E-state index in [2.05, 4.69) is 15.8 Å². The Morgan fingerprint density at radius 3 is 2.37 bits per heavy atom. The predicted octanol–water partition coefficient (Wildman–Crippen LogP) is 6.13. The molecule has 182 valence electrons. The minimum Gasteiger partial charge on any atom is -0.488 e. The zero-order valence-corrected chi connectivity index (χ0v) is 21.4. The maximum atomic E-state index is 12.8. The van der Waals surface area contributed by atoms with Gasteiger partial charge in [-0.2, -0.15) is 5.10 Å². The number of amides is 2. The molecular formula is C26H24Cl3N3O3. The maximum absolute atomic E-state index is 12.8. The number of rotatable bonds is 9. The Morgan fingerprint density at radius 1 is 0.943 bits per heavy atom. The SMILES string of the molecule is CC(C)C(NC(=O)c1ccc(Cl)c(Cl)c1)C(=O)N/N=C/c1ccccc1OCc1ccccc1Cl. The molecule has 1 atom stereocenters. The van der Waals surface area contributed by atoms with Gasteiger partial charge in [-0.15, -0.1) is 0 Å². The Morgan fingerprint density at radius 2 is 1.66 bits per heavy atom. The van der Waals surface area contributed by atoms with Gasteiger partial charge in [0.05, 0.1) is 16.3 Å². The number of hydrogen-bond donors (Lipinski definition) is 2. The Labute approximate surface area is 219 Å². The zero-order valence-electron chi connectivity index (χ0n) is 19.1. The van der Waals surface area contributed by atoms with Crippen LogP contribution in [0.25, 0.3) is 0 Å². The van der Waals surface area contributed by atoms with Gasteiger partial charge in [-0.3, -0.25) is 9.59 Å². The largest absolute Gasteiger partial charge is 0.488 e. The molecule has 2 amide bonds. The summed E-state index contributed by atoms with van der Waals surface area (Å²) in [5, 5.41) is 8.00. The zero-order chi connectivity index (χ0) is 25.4. The summed E-state index contributed by atoms with van der Waals surface area (Å²) in [6.45, 7) is 3.93. The molecule has 3 rings (SSSR count). The van der Waals surface area contributed by atoms with E-state index < -0.39 is 17.9 Å². The highest BCUT2D eigenvalue weighted by atomic mass is 35.5. The number of nitrogens with zero attached hydrogens (tertiary/aromatic N) is 1. The van der Waals surface area contributed by atoms with E-state index in [1.807, 2.05) is 50.2 Å². The molecule has 0 aliphatic rings. The van der Waals surface area contributed by atoms with E-state index in [0.717, 1.165) is 5.56 Å². The summed E-state index contributed by atoms with van der Waals surface area (Å²) < 4.78 is 5.90. The van der Waals surface area contributed by atoms with Crippen LogP contribution in [-0.4, -0.2) is 24.1 Å². The summed E-state index contributed by atoms with van der Waals surface area (Å²) in [4.78, 5) is 25.4. The summed E-state index contributed by atoms with van der Waals surface area (Å²) in [6, 6.07) is 18.4. The lowest BCUT2D eigenvalue weighted by molar-refractivity contribution is -0.123. The van der Waals surface area contributed by atoms with Gasteiger partial charge in [-0.05, 0) is 42.3 Å². The van der Waals surface area contributed by atoms with Gasteiger partial charge in [0.25, 0.3) is 11.8 Å². The Bertz CT molecular complexity index is 1230. The molecule has 0 fully saturated rings. The number of hydrogen-bond acceptors (Lipinski definition) is 4. The smallest absolute Gasteiger partial charge is 0.262 e. The van der Waals surface area contributed by atoms with E-state index in [4.69, 9.17) is 39.5 Å². The first-order chi connectivity index (χ1) is 16.8. The summed E-state index contributed by atoms with van der Waals surface area (Å²) in [6.07, 6.45) is 1.48. The van der Waals surface area contributed by atoms with Gasteiger partial charge in [-0.1, -0.05) is 79.0 Å². The lowest BCUT2D eigenvalue weighted by atomic mass is 10.0. The molecule has 0 bridgehead atoms. The molecular weight excluding hydrogens is 509 g/mol. The lowest BCUT2D eigenvalue weighted by Gasteiger charge is -2.20. The molecule has 0 saturated heterocycles. The third-order valence-electron chi connectivity index (χ3n) is 5.06. The average molecular weight is 533 g/mol. The summed E-state index contributed by atoms with van der Waals surface area (Å²) in [5.74, 6) is -0.513. The highest BCUT2D eigenvalue weighted by Crippen LogP contribution is 2.23. The normalized spacial score (nSPS) is 11.9. The molecule has 0 aliphatic heterocycles.